The molecule has 0 saturated carbocycles. The Bertz CT molecular complexity index is 703. The van der Waals surface area contributed by atoms with Gasteiger partial charge in [-0.3, -0.25) is 0 Å². The lowest BCUT2D eigenvalue weighted by molar-refractivity contribution is 0.947. The molecule has 0 saturated heterocycles. The Morgan fingerprint density at radius 1 is 1.16 bits per heavy atom. The van der Waals surface area contributed by atoms with E-state index in [1.165, 1.54) is 0 Å². The van der Waals surface area contributed by atoms with Crippen LogP contribution in [0.25, 0.3) is 11.0 Å². The molecule has 0 aliphatic heterocycles. The van der Waals surface area contributed by atoms with Crippen molar-refractivity contribution in [1.82, 2.24) is 14.5 Å². The van der Waals surface area contributed by atoms with Gasteiger partial charge in [0.2, 0.25) is 0 Å². The van der Waals surface area contributed by atoms with Gasteiger partial charge in [0.15, 0.2) is 5.82 Å². The molecular weight excluding hydrogens is 260 g/mol. The van der Waals surface area contributed by atoms with E-state index in [0.29, 0.717) is 6.54 Å². The Balaban J connectivity index is 1.83. The van der Waals surface area contributed by atoms with E-state index >= 15 is 0 Å². The monoisotopic (exact) mass is 272 g/mol. The molecule has 0 aliphatic carbocycles. The zero-order valence-corrected chi connectivity index (χ0v) is 11.2. The smallest absolute Gasteiger partial charge is 0.154 e. The second kappa shape index (κ2) is 4.90. The molecule has 0 amide bonds. The molecule has 1 N–H and O–H groups in total. The summed E-state index contributed by atoms with van der Waals surface area (Å²) in [5.74, 6) is 0.799. The molecule has 96 valence electrons. The van der Waals surface area contributed by atoms with Crippen molar-refractivity contribution in [2.24, 2.45) is 7.05 Å². The molecule has 3 aromatic rings. The summed E-state index contributed by atoms with van der Waals surface area (Å²) in [5, 5.41) is 4.05. The lowest BCUT2D eigenvalue weighted by Crippen LogP contribution is -2.01. The van der Waals surface area contributed by atoms with Gasteiger partial charge in [0.1, 0.15) is 5.52 Å². The highest BCUT2D eigenvalue weighted by molar-refractivity contribution is 6.30. The number of fused-ring (bicyclic) bond motifs is 1. The van der Waals surface area contributed by atoms with Crippen LogP contribution in [0.5, 0.6) is 0 Å². The fourth-order valence-electron chi connectivity index (χ4n) is 1.98. The summed E-state index contributed by atoms with van der Waals surface area (Å²) in [6.07, 6.45) is 3.58. The van der Waals surface area contributed by atoms with E-state index in [0.717, 1.165) is 27.4 Å². The van der Waals surface area contributed by atoms with Crippen molar-refractivity contribution in [3.8, 4) is 0 Å². The van der Waals surface area contributed by atoms with Crippen LogP contribution < -0.4 is 5.32 Å². The highest BCUT2D eigenvalue weighted by Gasteiger charge is 2.06. The van der Waals surface area contributed by atoms with Crippen molar-refractivity contribution in [1.29, 1.82) is 0 Å². The molecule has 0 aliphatic rings. The Kier molecular flexibility index (Phi) is 3.09. The molecule has 1 aromatic carbocycles. The number of aromatic nitrogens is 3. The van der Waals surface area contributed by atoms with Crippen LogP contribution in [0, 0.1) is 0 Å². The largest absolute Gasteiger partial charge is 0.364 e. The van der Waals surface area contributed by atoms with Gasteiger partial charge < -0.3 is 9.88 Å². The first-order valence-corrected chi connectivity index (χ1v) is 6.36. The van der Waals surface area contributed by atoms with Gasteiger partial charge in [-0.25, -0.2) is 9.97 Å². The minimum Gasteiger partial charge on any atom is -0.364 e. The number of pyridine rings is 1. The number of hydrogen-bond acceptors (Lipinski definition) is 3. The summed E-state index contributed by atoms with van der Waals surface area (Å²) in [4.78, 5) is 8.70. The van der Waals surface area contributed by atoms with Crippen molar-refractivity contribution in [3.63, 3.8) is 0 Å². The minimum atomic E-state index is 0.694. The minimum absolute atomic E-state index is 0.694. The number of benzene rings is 1. The van der Waals surface area contributed by atoms with E-state index < -0.39 is 0 Å². The third-order valence-electron chi connectivity index (χ3n) is 3.02. The third kappa shape index (κ3) is 2.39. The van der Waals surface area contributed by atoms with Gasteiger partial charge in [-0.2, -0.15) is 0 Å². The number of nitrogens with one attached hydrogen (secondary N) is 1. The molecule has 2 aromatic heterocycles. The fraction of sp³-hybridized carbons (Fsp3) is 0.143. The quantitative estimate of drug-likeness (QED) is 0.796. The zero-order valence-electron chi connectivity index (χ0n) is 10.5. The molecule has 0 spiro atoms. The first kappa shape index (κ1) is 12.0. The number of imidazole rings is 1. The first-order chi connectivity index (χ1) is 9.24. The normalized spacial score (nSPS) is 10.8. The second-order valence-corrected chi connectivity index (χ2v) is 4.80. The van der Waals surface area contributed by atoms with Crippen LogP contribution in [0.2, 0.25) is 5.02 Å². The molecule has 0 bridgehead atoms. The number of hydrogen-bond donors (Lipinski definition) is 1. The SMILES string of the molecule is Cn1cnc2c(NCc3ccc(Cl)cc3)nccc21. The Morgan fingerprint density at radius 3 is 2.74 bits per heavy atom. The Labute approximate surface area is 116 Å². The van der Waals surface area contributed by atoms with E-state index in [4.69, 9.17) is 11.6 Å². The second-order valence-electron chi connectivity index (χ2n) is 4.36. The first-order valence-electron chi connectivity index (χ1n) is 5.98. The number of nitrogens with zero attached hydrogens (tertiary/aromatic N) is 3. The van der Waals surface area contributed by atoms with Gasteiger partial charge in [0, 0.05) is 24.8 Å². The summed E-state index contributed by atoms with van der Waals surface area (Å²) in [5.41, 5.74) is 3.10. The van der Waals surface area contributed by atoms with Crippen LogP contribution >= 0.6 is 11.6 Å². The molecule has 0 unspecified atom stereocenters. The van der Waals surface area contributed by atoms with Crippen molar-refractivity contribution in [2.45, 2.75) is 6.54 Å². The van der Waals surface area contributed by atoms with Crippen LogP contribution in [-0.4, -0.2) is 14.5 Å². The number of rotatable bonds is 3. The van der Waals surface area contributed by atoms with Gasteiger partial charge in [-0.05, 0) is 23.8 Å². The average Bonchev–Trinajstić information content (AvgIpc) is 2.81. The predicted molar refractivity (Wildman–Crippen MR) is 77.3 cm³/mol. The van der Waals surface area contributed by atoms with Crippen molar-refractivity contribution in [2.75, 3.05) is 5.32 Å². The van der Waals surface area contributed by atoms with Gasteiger partial charge >= 0.3 is 0 Å². The molecule has 2 heterocycles. The van der Waals surface area contributed by atoms with Crippen molar-refractivity contribution >= 4 is 28.5 Å². The molecule has 0 atom stereocenters. The molecule has 0 fully saturated rings. The maximum absolute atomic E-state index is 5.86. The van der Waals surface area contributed by atoms with E-state index in [1.807, 2.05) is 41.9 Å². The zero-order chi connectivity index (χ0) is 13.2. The summed E-state index contributed by atoms with van der Waals surface area (Å²) in [6.45, 7) is 0.694. The van der Waals surface area contributed by atoms with Crippen LogP contribution in [0.15, 0.2) is 42.9 Å². The van der Waals surface area contributed by atoms with Crippen LogP contribution in [0.3, 0.4) is 0 Å². The predicted octanol–water partition coefficient (Wildman–Crippen LogP) is 3.23. The van der Waals surface area contributed by atoms with Gasteiger partial charge in [-0.1, -0.05) is 23.7 Å². The standard InChI is InChI=1S/C14H13ClN4/c1-19-9-18-13-12(19)6-7-16-14(13)17-8-10-2-4-11(15)5-3-10/h2-7,9H,8H2,1H3,(H,16,17). The molecule has 4 nitrogen and oxygen atoms in total. The molecule has 3 rings (SSSR count). The van der Waals surface area contributed by atoms with Gasteiger partial charge in [0.25, 0.3) is 0 Å². The van der Waals surface area contributed by atoms with E-state index in [2.05, 4.69) is 15.3 Å². The van der Waals surface area contributed by atoms with Gasteiger partial charge in [0.05, 0.1) is 11.8 Å². The summed E-state index contributed by atoms with van der Waals surface area (Å²) >= 11 is 5.86. The lowest BCUT2D eigenvalue weighted by atomic mass is 10.2. The third-order valence-corrected chi connectivity index (χ3v) is 3.27. The van der Waals surface area contributed by atoms with Crippen LogP contribution in [0.1, 0.15) is 5.56 Å². The maximum atomic E-state index is 5.86. The molecule has 0 radical (unpaired) electrons. The van der Waals surface area contributed by atoms with Crippen molar-refractivity contribution < 1.29 is 0 Å². The van der Waals surface area contributed by atoms with Crippen molar-refractivity contribution in [3.05, 3.63) is 53.4 Å². The summed E-state index contributed by atoms with van der Waals surface area (Å²) < 4.78 is 1.98. The highest BCUT2D eigenvalue weighted by atomic mass is 35.5. The van der Waals surface area contributed by atoms with Crippen LogP contribution in [-0.2, 0) is 13.6 Å². The fourth-order valence-corrected chi connectivity index (χ4v) is 2.11. The molecule has 5 heteroatoms. The van der Waals surface area contributed by atoms with E-state index in [9.17, 15) is 0 Å². The molecular formula is C14H13ClN4. The summed E-state index contributed by atoms with van der Waals surface area (Å²) in [6, 6.07) is 9.71. The lowest BCUT2D eigenvalue weighted by Gasteiger charge is -2.06. The summed E-state index contributed by atoms with van der Waals surface area (Å²) in [7, 11) is 1.97. The van der Waals surface area contributed by atoms with Gasteiger partial charge in [-0.15, -0.1) is 0 Å². The Morgan fingerprint density at radius 2 is 1.95 bits per heavy atom. The number of aryl methyl sites for hydroxylation is 1. The van der Waals surface area contributed by atoms with E-state index in [1.54, 1.807) is 12.5 Å². The number of halogens is 1. The number of anilines is 1. The average molecular weight is 273 g/mol. The highest BCUT2D eigenvalue weighted by Crippen LogP contribution is 2.19. The van der Waals surface area contributed by atoms with E-state index in [-0.39, 0.29) is 0 Å². The molecule has 19 heavy (non-hydrogen) atoms. The maximum Gasteiger partial charge on any atom is 0.154 e. The van der Waals surface area contributed by atoms with Crippen LogP contribution in [0.4, 0.5) is 5.82 Å². The topological polar surface area (TPSA) is 42.7 Å². The Hall–Kier alpha value is -2.07.